The predicted octanol–water partition coefficient (Wildman–Crippen LogP) is 4.15. The van der Waals surface area contributed by atoms with Crippen LogP contribution in [0.4, 0.5) is 11.6 Å². The second-order valence-corrected chi connectivity index (χ2v) is 7.98. The number of aromatic nitrogens is 2. The summed E-state index contributed by atoms with van der Waals surface area (Å²) in [5, 5.41) is 6.67. The monoisotopic (exact) mass is 417 g/mol. The lowest BCUT2D eigenvalue weighted by Crippen LogP contribution is -2.17. The highest BCUT2D eigenvalue weighted by Gasteiger charge is 2.05. The molecule has 0 atom stereocenters. The summed E-state index contributed by atoms with van der Waals surface area (Å²) in [6, 6.07) is 14.2. The van der Waals surface area contributed by atoms with Crippen molar-refractivity contribution in [3.8, 4) is 10.6 Å². The van der Waals surface area contributed by atoms with Crippen LogP contribution in [0.2, 0.25) is 0 Å². The molecule has 0 bridgehead atoms. The van der Waals surface area contributed by atoms with Gasteiger partial charge in [-0.2, -0.15) is 0 Å². The minimum absolute atomic E-state index is 0.593. The molecule has 1 aromatic carbocycles. The maximum Gasteiger partial charge on any atom is 0.227 e. The summed E-state index contributed by atoms with van der Waals surface area (Å²) in [6.45, 7) is 2.46. The Balaban J connectivity index is 1.68. The molecule has 4 N–H and O–H groups in total. The number of rotatable bonds is 8. The molecule has 0 aliphatic heterocycles. The molecule has 25 heavy (non-hydrogen) atoms. The summed E-state index contributed by atoms with van der Waals surface area (Å²) < 4.78 is 1.09. The number of nitrogens with zero attached hydrogens (tertiary/aromatic N) is 2. The molecule has 0 unspecified atom stereocenters. The highest BCUT2D eigenvalue weighted by molar-refractivity contribution is 9.11. The molecule has 5 nitrogen and oxygen atoms in total. The van der Waals surface area contributed by atoms with E-state index in [0.29, 0.717) is 12.5 Å². The minimum atomic E-state index is 0.593. The fraction of sp³-hybridized carbons (Fsp3) is 0.222. The standard InChI is InChI=1S/C18H20BrN5S/c19-17-6-5-16(25-17)15-7-10-22-18(24-15)23-14-4-1-3-13(11-14)12-21-9-2-8-20/h1,3-7,10-11,21H,2,8-9,12,20H2,(H,22,23,24). The number of hydrogen-bond acceptors (Lipinski definition) is 6. The van der Waals surface area contributed by atoms with Crippen LogP contribution in [0, 0.1) is 0 Å². The lowest BCUT2D eigenvalue weighted by atomic mass is 10.2. The Morgan fingerprint density at radius 1 is 1.16 bits per heavy atom. The van der Waals surface area contributed by atoms with E-state index in [2.05, 4.69) is 54.7 Å². The molecule has 0 fully saturated rings. The highest BCUT2D eigenvalue weighted by atomic mass is 79.9. The number of nitrogens with one attached hydrogen (secondary N) is 2. The largest absolute Gasteiger partial charge is 0.330 e. The first-order valence-electron chi connectivity index (χ1n) is 8.10. The van der Waals surface area contributed by atoms with E-state index < -0.39 is 0 Å². The van der Waals surface area contributed by atoms with E-state index in [9.17, 15) is 0 Å². The van der Waals surface area contributed by atoms with Crippen LogP contribution in [-0.2, 0) is 6.54 Å². The Labute approximate surface area is 159 Å². The molecule has 7 heteroatoms. The van der Waals surface area contributed by atoms with E-state index in [1.165, 1.54) is 5.56 Å². The third-order valence-corrected chi connectivity index (χ3v) is 5.20. The Kier molecular flexibility index (Phi) is 6.52. The Hall–Kier alpha value is -1.80. The Morgan fingerprint density at radius 3 is 2.88 bits per heavy atom. The molecule has 130 valence electrons. The van der Waals surface area contributed by atoms with Gasteiger partial charge in [0.25, 0.3) is 0 Å². The average molecular weight is 418 g/mol. The zero-order chi connectivity index (χ0) is 17.5. The van der Waals surface area contributed by atoms with Gasteiger partial charge in [0.1, 0.15) is 0 Å². The Bertz CT molecular complexity index is 820. The minimum Gasteiger partial charge on any atom is -0.330 e. The van der Waals surface area contributed by atoms with E-state index >= 15 is 0 Å². The van der Waals surface area contributed by atoms with Crippen LogP contribution in [0.1, 0.15) is 12.0 Å². The van der Waals surface area contributed by atoms with Crippen molar-refractivity contribution >= 4 is 38.9 Å². The molecule has 0 aliphatic rings. The van der Waals surface area contributed by atoms with Gasteiger partial charge in [0, 0.05) is 18.4 Å². The van der Waals surface area contributed by atoms with Gasteiger partial charge in [0.2, 0.25) is 5.95 Å². The van der Waals surface area contributed by atoms with Gasteiger partial charge in [-0.1, -0.05) is 12.1 Å². The zero-order valence-electron chi connectivity index (χ0n) is 13.7. The lowest BCUT2D eigenvalue weighted by Gasteiger charge is -2.09. The number of halogens is 1. The lowest BCUT2D eigenvalue weighted by molar-refractivity contribution is 0.655. The summed E-state index contributed by atoms with van der Waals surface area (Å²) in [5.41, 5.74) is 8.60. The zero-order valence-corrected chi connectivity index (χ0v) is 16.1. The van der Waals surface area contributed by atoms with Crippen molar-refractivity contribution < 1.29 is 0 Å². The normalized spacial score (nSPS) is 10.8. The summed E-state index contributed by atoms with van der Waals surface area (Å²) >= 11 is 5.14. The summed E-state index contributed by atoms with van der Waals surface area (Å²) in [5.74, 6) is 0.593. The van der Waals surface area contributed by atoms with Crippen molar-refractivity contribution in [3.63, 3.8) is 0 Å². The predicted molar refractivity (Wildman–Crippen MR) is 108 cm³/mol. The van der Waals surface area contributed by atoms with E-state index in [-0.39, 0.29) is 0 Å². The van der Waals surface area contributed by atoms with Gasteiger partial charge in [0.05, 0.1) is 14.4 Å². The van der Waals surface area contributed by atoms with Crippen LogP contribution < -0.4 is 16.4 Å². The fourth-order valence-corrected chi connectivity index (χ4v) is 3.71. The Morgan fingerprint density at radius 2 is 2.08 bits per heavy atom. The highest BCUT2D eigenvalue weighted by Crippen LogP contribution is 2.30. The van der Waals surface area contributed by atoms with E-state index in [1.807, 2.05) is 24.3 Å². The van der Waals surface area contributed by atoms with Crippen LogP contribution in [0.15, 0.2) is 52.4 Å². The van der Waals surface area contributed by atoms with Gasteiger partial charge >= 0.3 is 0 Å². The van der Waals surface area contributed by atoms with Gasteiger partial charge < -0.3 is 16.4 Å². The first-order valence-corrected chi connectivity index (χ1v) is 9.71. The molecular weight excluding hydrogens is 398 g/mol. The molecule has 2 aromatic heterocycles. The molecular formula is C18H20BrN5S. The number of thiophene rings is 1. The number of nitrogens with two attached hydrogens (primary N) is 1. The van der Waals surface area contributed by atoms with E-state index in [1.54, 1.807) is 17.5 Å². The van der Waals surface area contributed by atoms with Gasteiger partial charge in [-0.15, -0.1) is 11.3 Å². The average Bonchev–Trinajstić information content (AvgIpc) is 3.06. The number of hydrogen-bond donors (Lipinski definition) is 3. The molecule has 0 amide bonds. The van der Waals surface area contributed by atoms with Crippen LogP contribution >= 0.6 is 27.3 Å². The topological polar surface area (TPSA) is 75.9 Å². The van der Waals surface area contributed by atoms with Gasteiger partial charge in [-0.05, 0) is 71.3 Å². The maximum atomic E-state index is 5.51. The molecule has 2 heterocycles. The van der Waals surface area contributed by atoms with Crippen molar-refractivity contribution in [2.75, 3.05) is 18.4 Å². The third-order valence-electron chi connectivity index (χ3n) is 3.55. The molecule has 0 aliphatic carbocycles. The van der Waals surface area contributed by atoms with E-state index in [4.69, 9.17) is 5.73 Å². The van der Waals surface area contributed by atoms with Crippen molar-refractivity contribution in [1.29, 1.82) is 0 Å². The summed E-state index contributed by atoms with van der Waals surface area (Å²) in [4.78, 5) is 10.0. The molecule has 0 spiro atoms. The quantitative estimate of drug-likeness (QED) is 0.479. The third kappa shape index (κ3) is 5.34. The fourth-order valence-electron chi connectivity index (χ4n) is 2.36. The van der Waals surface area contributed by atoms with Crippen molar-refractivity contribution in [2.45, 2.75) is 13.0 Å². The van der Waals surface area contributed by atoms with Crippen molar-refractivity contribution in [1.82, 2.24) is 15.3 Å². The van der Waals surface area contributed by atoms with Crippen molar-refractivity contribution in [3.05, 3.63) is 58.0 Å². The van der Waals surface area contributed by atoms with E-state index in [0.717, 1.165) is 39.6 Å². The van der Waals surface area contributed by atoms with Crippen molar-refractivity contribution in [2.24, 2.45) is 5.73 Å². The van der Waals surface area contributed by atoms with Crippen LogP contribution in [0.3, 0.4) is 0 Å². The van der Waals surface area contributed by atoms with Crippen LogP contribution in [0.25, 0.3) is 10.6 Å². The maximum absolute atomic E-state index is 5.51. The number of benzene rings is 1. The van der Waals surface area contributed by atoms with Gasteiger partial charge in [0.15, 0.2) is 0 Å². The smallest absolute Gasteiger partial charge is 0.227 e. The summed E-state index contributed by atoms with van der Waals surface area (Å²) in [7, 11) is 0. The second-order valence-electron chi connectivity index (χ2n) is 5.51. The molecule has 0 saturated carbocycles. The second kappa shape index (κ2) is 9.05. The molecule has 0 radical (unpaired) electrons. The molecule has 0 saturated heterocycles. The van der Waals surface area contributed by atoms with Crippen LogP contribution in [0.5, 0.6) is 0 Å². The first-order chi connectivity index (χ1) is 12.2. The first kappa shape index (κ1) is 18.0. The van der Waals surface area contributed by atoms with Crippen LogP contribution in [-0.4, -0.2) is 23.1 Å². The van der Waals surface area contributed by atoms with Gasteiger partial charge in [-0.25, -0.2) is 9.97 Å². The molecule has 3 rings (SSSR count). The SMILES string of the molecule is NCCCNCc1cccc(Nc2nccc(-c3ccc(Br)s3)n2)c1. The summed E-state index contributed by atoms with van der Waals surface area (Å²) in [6.07, 6.45) is 2.76. The molecule has 3 aromatic rings. The number of anilines is 2. The van der Waals surface area contributed by atoms with Gasteiger partial charge in [-0.3, -0.25) is 0 Å².